The van der Waals surface area contributed by atoms with Crippen LogP contribution in [0.15, 0.2) is 6.07 Å². The minimum Gasteiger partial charge on any atom is -0.351 e. The lowest BCUT2D eigenvalue weighted by Gasteiger charge is -2.19. The van der Waals surface area contributed by atoms with Gasteiger partial charge in [0, 0.05) is 11.7 Å². The Kier molecular flexibility index (Phi) is 3.55. The van der Waals surface area contributed by atoms with Crippen LogP contribution >= 0.6 is 0 Å². The maximum absolute atomic E-state index is 8.86. The third kappa shape index (κ3) is 2.71. The van der Waals surface area contributed by atoms with Crippen molar-refractivity contribution in [1.29, 1.82) is 5.26 Å². The Bertz CT molecular complexity index is 437. The normalized spacial score (nSPS) is 23.4. The van der Waals surface area contributed by atoms with E-state index in [0.29, 0.717) is 30.1 Å². The molecule has 2 rings (SSSR count). The van der Waals surface area contributed by atoms with Crippen LogP contribution in [0.4, 0.5) is 5.95 Å². The van der Waals surface area contributed by atoms with Gasteiger partial charge in [0.2, 0.25) is 5.95 Å². The number of hydrogen-bond donors (Lipinski definition) is 2. The molecule has 0 aliphatic heterocycles. The largest absolute Gasteiger partial charge is 0.351 e. The summed E-state index contributed by atoms with van der Waals surface area (Å²) in [5, 5.41) is 12.2. The molecule has 90 valence electrons. The van der Waals surface area contributed by atoms with Gasteiger partial charge in [-0.3, -0.25) is 0 Å². The first-order valence-electron chi connectivity index (χ1n) is 5.95. The second-order valence-corrected chi connectivity index (χ2v) is 4.51. The van der Waals surface area contributed by atoms with Gasteiger partial charge in [0.05, 0.1) is 0 Å². The van der Waals surface area contributed by atoms with Crippen LogP contribution in [-0.2, 0) is 0 Å². The van der Waals surface area contributed by atoms with Gasteiger partial charge in [-0.15, -0.1) is 0 Å². The van der Waals surface area contributed by atoms with Crippen molar-refractivity contribution in [2.24, 2.45) is 11.7 Å². The standard InChI is InChI=1S/C12H17N5/c1-8-5-10(7-14)16-12(15-8)17-11-4-2-3-9(11)6-13/h5,9,11H,2-4,6,13H2,1H3,(H,15,16,17). The topological polar surface area (TPSA) is 87.6 Å². The van der Waals surface area contributed by atoms with Crippen molar-refractivity contribution >= 4 is 5.95 Å². The van der Waals surface area contributed by atoms with Crippen LogP contribution in [0.2, 0.25) is 0 Å². The summed E-state index contributed by atoms with van der Waals surface area (Å²) in [4.78, 5) is 8.46. The SMILES string of the molecule is Cc1cc(C#N)nc(NC2CCCC2CN)n1. The Labute approximate surface area is 101 Å². The summed E-state index contributed by atoms with van der Waals surface area (Å²) in [7, 11) is 0. The quantitative estimate of drug-likeness (QED) is 0.816. The predicted molar refractivity (Wildman–Crippen MR) is 65.3 cm³/mol. The zero-order valence-electron chi connectivity index (χ0n) is 9.98. The minimum atomic E-state index is 0.341. The molecule has 1 heterocycles. The van der Waals surface area contributed by atoms with Crippen molar-refractivity contribution in [2.45, 2.75) is 32.2 Å². The molecule has 0 saturated heterocycles. The highest BCUT2D eigenvalue weighted by atomic mass is 15.1. The van der Waals surface area contributed by atoms with Crippen LogP contribution in [0.25, 0.3) is 0 Å². The molecule has 1 aromatic heterocycles. The van der Waals surface area contributed by atoms with Crippen LogP contribution < -0.4 is 11.1 Å². The van der Waals surface area contributed by atoms with Gasteiger partial charge >= 0.3 is 0 Å². The van der Waals surface area contributed by atoms with E-state index in [1.807, 2.05) is 13.0 Å². The van der Waals surface area contributed by atoms with Gasteiger partial charge in [-0.2, -0.15) is 5.26 Å². The van der Waals surface area contributed by atoms with Gasteiger partial charge in [0.25, 0.3) is 0 Å². The molecule has 2 atom stereocenters. The van der Waals surface area contributed by atoms with Crippen molar-refractivity contribution in [3.63, 3.8) is 0 Å². The molecule has 0 amide bonds. The Morgan fingerprint density at radius 3 is 3.06 bits per heavy atom. The Balaban J connectivity index is 2.13. The third-order valence-electron chi connectivity index (χ3n) is 3.25. The van der Waals surface area contributed by atoms with E-state index in [-0.39, 0.29) is 0 Å². The summed E-state index contributed by atoms with van der Waals surface area (Å²) < 4.78 is 0. The second-order valence-electron chi connectivity index (χ2n) is 4.51. The Hall–Kier alpha value is -1.67. The number of nitrogens with one attached hydrogen (secondary N) is 1. The molecule has 0 bridgehead atoms. The van der Waals surface area contributed by atoms with E-state index in [0.717, 1.165) is 18.5 Å². The molecule has 1 aromatic rings. The molecular weight excluding hydrogens is 214 g/mol. The third-order valence-corrected chi connectivity index (χ3v) is 3.25. The van der Waals surface area contributed by atoms with E-state index in [1.54, 1.807) is 6.07 Å². The van der Waals surface area contributed by atoms with Crippen LogP contribution in [0.5, 0.6) is 0 Å². The number of nitrogens with two attached hydrogens (primary N) is 1. The lowest BCUT2D eigenvalue weighted by Crippen LogP contribution is -2.30. The summed E-state index contributed by atoms with van der Waals surface area (Å²) in [6.07, 6.45) is 3.45. The lowest BCUT2D eigenvalue weighted by atomic mass is 10.0. The molecule has 17 heavy (non-hydrogen) atoms. The minimum absolute atomic E-state index is 0.341. The number of anilines is 1. The van der Waals surface area contributed by atoms with Gasteiger partial charge in [-0.25, -0.2) is 9.97 Å². The lowest BCUT2D eigenvalue weighted by molar-refractivity contribution is 0.514. The number of rotatable bonds is 3. The molecule has 0 aromatic carbocycles. The fourth-order valence-electron chi connectivity index (χ4n) is 2.37. The number of nitriles is 1. The van der Waals surface area contributed by atoms with E-state index in [4.69, 9.17) is 11.0 Å². The summed E-state index contributed by atoms with van der Waals surface area (Å²) >= 11 is 0. The molecule has 0 spiro atoms. The number of aromatic nitrogens is 2. The fourth-order valence-corrected chi connectivity index (χ4v) is 2.37. The first-order valence-corrected chi connectivity index (χ1v) is 5.95. The van der Waals surface area contributed by atoms with E-state index in [9.17, 15) is 0 Å². The molecule has 0 radical (unpaired) electrons. The van der Waals surface area contributed by atoms with Gasteiger partial charge < -0.3 is 11.1 Å². The maximum Gasteiger partial charge on any atom is 0.224 e. The van der Waals surface area contributed by atoms with Crippen molar-refractivity contribution in [1.82, 2.24) is 9.97 Å². The van der Waals surface area contributed by atoms with Crippen LogP contribution in [0, 0.1) is 24.2 Å². The molecule has 1 saturated carbocycles. The van der Waals surface area contributed by atoms with Gasteiger partial charge in [0.15, 0.2) is 0 Å². The average Bonchev–Trinajstić information content (AvgIpc) is 2.75. The molecule has 3 N–H and O–H groups in total. The average molecular weight is 231 g/mol. The van der Waals surface area contributed by atoms with Crippen LogP contribution in [-0.4, -0.2) is 22.6 Å². The van der Waals surface area contributed by atoms with Gasteiger partial charge in [-0.05, 0) is 38.3 Å². The van der Waals surface area contributed by atoms with Crippen molar-refractivity contribution in [3.8, 4) is 6.07 Å². The van der Waals surface area contributed by atoms with Gasteiger partial charge in [0.1, 0.15) is 11.8 Å². The van der Waals surface area contributed by atoms with Crippen molar-refractivity contribution < 1.29 is 0 Å². The van der Waals surface area contributed by atoms with Crippen molar-refractivity contribution in [2.75, 3.05) is 11.9 Å². The van der Waals surface area contributed by atoms with E-state index in [2.05, 4.69) is 15.3 Å². The van der Waals surface area contributed by atoms with E-state index < -0.39 is 0 Å². The Morgan fingerprint density at radius 1 is 1.53 bits per heavy atom. The molecular formula is C12H17N5. The summed E-state index contributed by atoms with van der Waals surface area (Å²) in [6, 6.07) is 4.06. The molecule has 5 nitrogen and oxygen atoms in total. The zero-order chi connectivity index (χ0) is 12.3. The highest BCUT2D eigenvalue weighted by molar-refractivity contribution is 5.34. The van der Waals surface area contributed by atoms with Crippen LogP contribution in [0.1, 0.15) is 30.7 Å². The molecule has 1 aliphatic rings. The molecule has 1 aliphatic carbocycles. The highest BCUT2D eigenvalue weighted by Crippen LogP contribution is 2.26. The first-order chi connectivity index (χ1) is 8.22. The smallest absolute Gasteiger partial charge is 0.224 e. The summed E-state index contributed by atoms with van der Waals surface area (Å²) in [5.74, 6) is 1.04. The summed E-state index contributed by atoms with van der Waals surface area (Å²) in [6.45, 7) is 2.55. The van der Waals surface area contributed by atoms with Crippen molar-refractivity contribution in [3.05, 3.63) is 17.5 Å². The first kappa shape index (κ1) is 11.8. The number of aryl methyl sites for hydroxylation is 1. The number of hydrogen-bond acceptors (Lipinski definition) is 5. The molecule has 5 heteroatoms. The second kappa shape index (κ2) is 5.11. The monoisotopic (exact) mass is 231 g/mol. The fraction of sp³-hybridized carbons (Fsp3) is 0.583. The summed E-state index contributed by atoms with van der Waals surface area (Å²) in [5.41, 5.74) is 6.94. The highest BCUT2D eigenvalue weighted by Gasteiger charge is 2.26. The predicted octanol–water partition coefficient (Wildman–Crippen LogP) is 1.20. The zero-order valence-corrected chi connectivity index (χ0v) is 9.98. The van der Waals surface area contributed by atoms with E-state index in [1.165, 1.54) is 6.42 Å². The van der Waals surface area contributed by atoms with Crippen LogP contribution in [0.3, 0.4) is 0 Å². The molecule has 1 fully saturated rings. The van der Waals surface area contributed by atoms with E-state index >= 15 is 0 Å². The molecule has 2 unspecified atom stereocenters. The Morgan fingerprint density at radius 2 is 2.35 bits per heavy atom. The maximum atomic E-state index is 8.86. The van der Waals surface area contributed by atoms with Gasteiger partial charge in [-0.1, -0.05) is 6.42 Å². The number of nitrogens with zero attached hydrogens (tertiary/aromatic N) is 3.